The van der Waals surface area contributed by atoms with Crippen LogP contribution in [0.5, 0.6) is 5.75 Å². The molecule has 0 radical (unpaired) electrons. The molecular weight excluding hydrogens is 707 g/mol. The first-order chi connectivity index (χ1) is 24.5. The number of hydrogen-bond acceptors (Lipinski definition) is 8. The second-order valence-electron chi connectivity index (χ2n) is 14.9. The molecule has 3 aromatic carbocycles. The van der Waals surface area contributed by atoms with Gasteiger partial charge in [0.25, 0.3) is 0 Å². The molecule has 6 rings (SSSR count). The van der Waals surface area contributed by atoms with Crippen LogP contribution in [-0.4, -0.2) is 57.9 Å². The standard InChI is InChI=1S/C39H44F2N4O5S2/c1-23(36(47)50-6)17-24-9-7-10-25(18-24)39(4)14-8-13-38(2,3)22-52(48,49)16-12-27-26-11-15-42-31(26)20-30(41)34(27)51-33-19-28(29(40)21-32(33)46)35-43-37(39)44-45(35)5/h7,9-11,15,18-21,23,42,46H,8,12-14,16-17,22H2,1-6H3/t23-,39-/m1/s1. The van der Waals surface area contributed by atoms with Gasteiger partial charge in [-0.25, -0.2) is 26.9 Å². The molecule has 1 aliphatic heterocycles. The first-order valence-electron chi connectivity index (χ1n) is 17.3. The van der Waals surface area contributed by atoms with Gasteiger partial charge in [0.05, 0.1) is 45.3 Å². The summed E-state index contributed by atoms with van der Waals surface area (Å²) in [5.74, 6) is -1.97. The Balaban J connectivity index is 1.51. The number of ether oxygens (including phenoxy) is 1. The maximum absolute atomic E-state index is 15.9. The number of methoxy groups -OCH3 is 1. The number of sulfone groups is 1. The van der Waals surface area contributed by atoms with Crippen LogP contribution in [0.4, 0.5) is 8.78 Å². The smallest absolute Gasteiger partial charge is 0.308 e. The van der Waals surface area contributed by atoms with E-state index in [0.717, 1.165) is 29.0 Å². The van der Waals surface area contributed by atoms with Crippen LogP contribution in [0.2, 0.25) is 0 Å². The zero-order valence-electron chi connectivity index (χ0n) is 30.2. The Morgan fingerprint density at radius 3 is 2.63 bits per heavy atom. The van der Waals surface area contributed by atoms with Crippen LogP contribution in [0.25, 0.3) is 22.3 Å². The molecule has 13 heteroatoms. The highest BCUT2D eigenvalue weighted by molar-refractivity contribution is 7.99. The molecule has 0 aliphatic carbocycles. The summed E-state index contributed by atoms with van der Waals surface area (Å²) in [6.07, 6.45) is 3.94. The van der Waals surface area contributed by atoms with Gasteiger partial charge in [0, 0.05) is 30.2 Å². The molecule has 2 atom stereocenters. The molecule has 0 saturated carbocycles. The lowest BCUT2D eigenvalue weighted by molar-refractivity contribution is -0.144. The highest BCUT2D eigenvalue weighted by Crippen LogP contribution is 2.44. The molecule has 5 aromatic rings. The van der Waals surface area contributed by atoms with E-state index in [1.807, 2.05) is 52.0 Å². The van der Waals surface area contributed by atoms with Crippen LogP contribution < -0.4 is 0 Å². The van der Waals surface area contributed by atoms with Gasteiger partial charge in [0.1, 0.15) is 17.4 Å². The average Bonchev–Trinajstić information content (AvgIpc) is 3.70. The number of nitrogens with zero attached hydrogens (tertiary/aromatic N) is 3. The van der Waals surface area contributed by atoms with E-state index in [1.54, 1.807) is 19.3 Å². The Bertz CT molecular complexity index is 2270. The number of carbonyl (C=O) groups is 1. The van der Waals surface area contributed by atoms with Crippen molar-refractivity contribution >= 4 is 38.5 Å². The Kier molecular flexibility index (Phi) is 10.3. The number of aromatic hydroxyl groups is 1. The summed E-state index contributed by atoms with van der Waals surface area (Å²) in [6, 6.07) is 13.4. The van der Waals surface area contributed by atoms with Gasteiger partial charge in [-0.15, -0.1) is 0 Å². The molecule has 2 aromatic heterocycles. The summed E-state index contributed by atoms with van der Waals surface area (Å²) < 4.78 is 65.5. The summed E-state index contributed by atoms with van der Waals surface area (Å²) in [6.45, 7) is 7.72. The van der Waals surface area contributed by atoms with Gasteiger partial charge in [-0.05, 0) is 72.9 Å². The molecule has 276 valence electrons. The van der Waals surface area contributed by atoms with Crippen LogP contribution in [-0.2, 0) is 44.7 Å². The number of phenols is 1. The van der Waals surface area contributed by atoms with E-state index in [4.69, 9.17) is 14.8 Å². The highest BCUT2D eigenvalue weighted by atomic mass is 32.2. The van der Waals surface area contributed by atoms with Gasteiger partial charge in [0.15, 0.2) is 21.5 Å². The van der Waals surface area contributed by atoms with Crippen molar-refractivity contribution in [3.8, 4) is 17.1 Å². The zero-order chi connectivity index (χ0) is 37.6. The fraction of sp³-hybridized carbons (Fsp3) is 0.410. The predicted octanol–water partition coefficient (Wildman–Crippen LogP) is 7.92. The van der Waals surface area contributed by atoms with E-state index in [9.17, 15) is 18.3 Å². The zero-order valence-corrected chi connectivity index (χ0v) is 31.9. The van der Waals surface area contributed by atoms with Crippen molar-refractivity contribution in [1.29, 1.82) is 0 Å². The van der Waals surface area contributed by atoms with Gasteiger partial charge in [0.2, 0.25) is 0 Å². The molecule has 1 aliphatic rings. The van der Waals surface area contributed by atoms with Crippen molar-refractivity contribution in [3.63, 3.8) is 0 Å². The van der Waals surface area contributed by atoms with E-state index in [0.29, 0.717) is 48.0 Å². The lowest BCUT2D eigenvalue weighted by atomic mass is 9.75. The monoisotopic (exact) mass is 750 g/mol. The number of aromatic amines is 1. The molecule has 0 spiro atoms. The van der Waals surface area contributed by atoms with Crippen molar-refractivity contribution in [2.45, 2.75) is 75.0 Å². The van der Waals surface area contributed by atoms with Crippen LogP contribution in [0.1, 0.15) is 69.5 Å². The number of aromatic nitrogens is 4. The molecule has 3 heterocycles. The maximum Gasteiger partial charge on any atom is 0.308 e. The third-order valence-corrected chi connectivity index (χ3v) is 13.4. The average molecular weight is 751 g/mol. The van der Waals surface area contributed by atoms with E-state index >= 15 is 8.78 Å². The summed E-state index contributed by atoms with van der Waals surface area (Å²) in [4.78, 5) is 20.5. The summed E-state index contributed by atoms with van der Waals surface area (Å²) in [7, 11) is -0.557. The van der Waals surface area contributed by atoms with Gasteiger partial charge in [-0.1, -0.05) is 63.2 Å². The minimum Gasteiger partial charge on any atom is -0.507 e. The Labute approximate surface area is 307 Å². The van der Waals surface area contributed by atoms with E-state index in [1.165, 1.54) is 23.9 Å². The molecule has 2 N–H and O–H groups in total. The number of nitrogens with one attached hydrogen (secondary N) is 1. The number of phenolic OH excluding ortho intramolecular Hbond substituents is 1. The highest BCUT2D eigenvalue weighted by Gasteiger charge is 2.36. The second kappa shape index (κ2) is 14.3. The summed E-state index contributed by atoms with van der Waals surface area (Å²) in [5.41, 5.74) is 1.53. The van der Waals surface area contributed by atoms with Crippen molar-refractivity contribution in [2.75, 3.05) is 18.6 Å². The largest absolute Gasteiger partial charge is 0.507 e. The van der Waals surface area contributed by atoms with Gasteiger partial charge < -0.3 is 14.8 Å². The topological polar surface area (TPSA) is 127 Å². The van der Waals surface area contributed by atoms with E-state index in [-0.39, 0.29) is 56.7 Å². The van der Waals surface area contributed by atoms with Gasteiger partial charge in [-0.3, -0.25) is 4.79 Å². The number of aryl methyl sites for hydroxylation is 2. The summed E-state index contributed by atoms with van der Waals surface area (Å²) >= 11 is 0.917. The predicted molar refractivity (Wildman–Crippen MR) is 198 cm³/mol. The van der Waals surface area contributed by atoms with Gasteiger partial charge >= 0.3 is 5.97 Å². The number of rotatable bonds is 4. The van der Waals surface area contributed by atoms with Crippen LogP contribution >= 0.6 is 11.8 Å². The van der Waals surface area contributed by atoms with Crippen LogP contribution in [0.15, 0.2) is 64.5 Å². The number of hydrogen-bond donors (Lipinski definition) is 2. The minimum absolute atomic E-state index is 0.0529. The molecule has 0 saturated heterocycles. The number of H-pyrrole nitrogens is 1. The third-order valence-electron chi connectivity index (χ3n) is 10.1. The second-order valence-corrected chi connectivity index (χ2v) is 18.1. The molecule has 4 bridgehead atoms. The fourth-order valence-electron chi connectivity index (χ4n) is 7.32. The fourth-order valence-corrected chi connectivity index (χ4v) is 10.4. The number of halogens is 2. The van der Waals surface area contributed by atoms with Crippen molar-refractivity contribution in [2.24, 2.45) is 18.4 Å². The van der Waals surface area contributed by atoms with E-state index in [2.05, 4.69) is 4.98 Å². The molecule has 0 unspecified atom stereocenters. The molecular formula is C39H44F2N4O5S2. The minimum atomic E-state index is -3.60. The number of esters is 1. The number of carbonyl (C=O) groups excluding carboxylic acids is 1. The van der Waals surface area contributed by atoms with Crippen LogP contribution in [0.3, 0.4) is 0 Å². The first-order valence-corrected chi connectivity index (χ1v) is 19.9. The van der Waals surface area contributed by atoms with Gasteiger partial charge in [-0.2, -0.15) is 5.10 Å². The molecule has 52 heavy (non-hydrogen) atoms. The van der Waals surface area contributed by atoms with Crippen molar-refractivity contribution in [3.05, 3.63) is 88.9 Å². The summed E-state index contributed by atoms with van der Waals surface area (Å²) in [5, 5.41) is 16.4. The van der Waals surface area contributed by atoms with E-state index < -0.39 is 32.3 Å². The van der Waals surface area contributed by atoms with Crippen molar-refractivity contribution in [1.82, 2.24) is 19.7 Å². The number of benzene rings is 3. The third kappa shape index (κ3) is 7.61. The Morgan fingerprint density at radius 1 is 1.12 bits per heavy atom. The van der Waals surface area contributed by atoms with Crippen molar-refractivity contribution < 1.29 is 31.8 Å². The maximum atomic E-state index is 15.9. The van der Waals surface area contributed by atoms with Crippen LogP contribution in [0, 0.1) is 23.0 Å². The first kappa shape index (κ1) is 37.5. The molecule has 9 nitrogen and oxygen atoms in total. The molecule has 0 fully saturated rings. The SMILES string of the molecule is COC(=O)[C@H](C)Cc1cccc([C@@]2(C)CCCC(C)(C)CS(=O)(=O)CCc3c(c(F)cc4[nH]ccc34)Sc3cc(c(F)cc3O)-c3nc2nn3C)c1. The lowest BCUT2D eigenvalue weighted by Gasteiger charge is -2.31. The Morgan fingerprint density at radius 2 is 1.88 bits per heavy atom. The lowest BCUT2D eigenvalue weighted by Crippen LogP contribution is -2.29. The quantitative estimate of drug-likeness (QED) is 0.178. The Hall–Kier alpha value is -4.23. The molecule has 0 amide bonds. The number of fused-ring (bicyclic) bond motifs is 8. The normalized spacial score (nSPS) is 19.7.